The van der Waals surface area contributed by atoms with Gasteiger partial charge >= 0.3 is 0 Å². The molecule has 5 rings (SSSR count). The van der Waals surface area contributed by atoms with Gasteiger partial charge in [0.25, 0.3) is 0 Å². The Kier molecular flexibility index (Phi) is 2.21. The third kappa shape index (κ3) is 1.44. The molecule has 0 amide bonds. The molecule has 2 atom stereocenters. The average molecular weight is 358 g/mol. The molecule has 0 aliphatic heterocycles. The summed E-state index contributed by atoms with van der Waals surface area (Å²) < 4.78 is 6.71. The fraction of sp³-hybridized carbons (Fsp3) is 0.786. The Hall–Kier alpha value is -0.260. The number of anilines is 1. The van der Waals surface area contributed by atoms with Crippen LogP contribution in [0, 0.1) is 20.8 Å². The van der Waals surface area contributed by atoms with Gasteiger partial charge in [0.1, 0.15) is 3.57 Å². The van der Waals surface area contributed by atoms with E-state index < -0.39 is 0 Å². The molecule has 0 saturated heterocycles. The highest BCUT2D eigenvalue weighted by atomic mass is 127. The number of rotatable bonds is 1. The SMILES string of the molecule is CC12CC3CC(C1)CC(c1onc(N)c1I)(C3)C2. The highest BCUT2D eigenvalue weighted by Crippen LogP contribution is 2.66. The summed E-state index contributed by atoms with van der Waals surface area (Å²) in [6.45, 7) is 2.48. The number of nitrogens with two attached hydrogens (primary N) is 1. The number of nitrogen functional groups attached to an aromatic ring is 1. The summed E-state index contributed by atoms with van der Waals surface area (Å²) in [6, 6.07) is 0. The van der Waals surface area contributed by atoms with Crippen LogP contribution in [0.15, 0.2) is 4.52 Å². The number of halogens is 1. The third-order valence-electron chi connectivity index (χ3n) is 5.49. The van der Waals surface area contributed by atoms with Crippen molar-refractivity contribution in [1.82, 2.24) is 5.16 Å². The summed E-state index contributed by atoms with van der Waals surface area (Å²) >= 11 is 2.31. The molecule has 3 nitrogen and oxygen atoms in total. The lowest BCUT2D eigenvalue weighted by molar-refractivity contribution is -0.0708. The van der Waals surface area contributed by atoms with Crippen LogP contribution in [0.2, 0.25) is 0 Å². The monoisotopic (exact) mass is 358 g/mol. The highest BCUT2D eigenvalue weighted by Gasteiger charge is 2.58. The van der Waals surface area contributed by atoms with Crippen LogP contribution in [0.25, 0.3) is 0 Å². The Morgan fingerprint density at radius 3 is 2.44 bits per heavy atom. The van der Waals surface area contributed by atoms with Crippen molar-refractivity contribution in [2.24, 2.45) is 17.3 Å². The van der Waals surface area contributed by atoms with Crippen LogP contribution in [0.3, 0.4) is 0 Å². The van der Waals surface area contributed by atoms with Crippen molar-refractivity contribution in [2.45, 2.75) is 50.9 Å². The second-order valence-electron chi connectivity index (χ2n) is 7.26. The molecule has 0 radical (unpaired) electrons. The summed E-state index contributed by atoms with van der Waals surface area (Å²) in [5, 5.41) is 3.99. The predicted octanol–water partition coefficient (Wildman–Crippen LogP) is 3.72. The molecule has 4 aliphatic carbocycles. The van der Waals surface area contributed by atoms with Gasteiger partial charge in [0, 0.05) is 5.41 Å². The number of nitrogens with zero attached hydrogens (tertiary/aromatic N) is 1. The van der Waals surface area contributed by atoms with E-state index in [2.05, 4.69) is 34.7 Å². The lowest BCUT2D eigenvalue weighted by Gasteiger charge is -2.60. The molecule has 0 aromatic carbocycles. The van der Waals surface area contributed by atoms with E-state index in [-0.39, 0.29) is 5.41 Å². The van der Waals surface area contributed by atoms with Crippen LogP contribution in [-0.2, 0) is 5.41 Å². The molecule has 1 aromatic rings. The van der Waals surface area contributed by atoms with E-state index >= 15 is 0 Å². The van der Waals surface area contributed by atoms with E-state index in [0.29, 0.717) is 11.2 Å². The maximum Gasteiger partial charge on any atom is 0.180 e. The molecule has 1 aromatic heterocycles. The second-order valence-corrected chi connectivity index (χ2v) is 8.34. The lowest BCUT2D eigenvalue weighted by Crippen LogP contribution is -2.53. The van der Waals surface area contributed by atoms with Crippen molar-refractivity contribution in [2.75, 3.05) is 5.73 Å². The van der Waals surface area contributed by atoms with Gasteiger partial charge in [0.15, 0.2) is 11.6 Å². The molecular weight excluding hydrogens is 339 g/mol. The average Bonchev–Trinajstić information content (AvgIpc) is 2.56. The van der Waals surface area contributed by atoms with Gasteiger partial charge in [0.05, 0.1) is 0 Å². The van der Waals surface area contributed by atoms with Crippen LogP contribution in [0.1, 0.15) is 51.2 Å². The van der Waals surface area contributed by atoms with Crippen molar-refractivity contribution >= 4 is 28.4 Å². The van der Waals surface area contributed by atoms with E-state index in [9.17, 15) is 0 Å². The van der Waals surface area contributed by atoms with Crippen molar-refractivity contribution in [3.63, 3.8) is 0 Å². The van der Waals surface area contributed by atoms with Crippen LogP contribution in [0.4, 0.5) is 5.82 Å². The Morgan fingerprint density at radius 2 is 1.94 bits per heavy atom. The number of aromatic nitrogens is 1. The van der Waals surface area contributed by atoms with Crippen LogP contribution >= 0.6 is 22.6 Å². The van der Waals surface area contributed by atoms with Crippen LogP contribution in [-0.4, -0.2) is 5.16 Å². The molecule has 2 N–H and O–H groups in total. The van der Waals surface area contributed by atoms with Gasteiger partial charge in [-0.1, -0.05) is 12.1 Å². The molecule has 98 valence electrons. The first-order valence-electron chi connectivity index (χ1n) is 6.91. The Balaban J connectivity index is 1.82. The van der Waals surface area contributed by atoms with Crippen molar-refractivity contribution in [3.05, 3.63) is 9.33 Å². The molecule has 2 unspecified atom stereocenters. The first-order chi connectivity index (χ1) is 8.50. The smallest absolute Gasteiger partial charge is 0.180 e. The fourth-order valence-corrected chi connectivity index (χ4v) is 6.38. The van der Waals surface area contributed by atoms with E-state index in [1.807, 2.05) is 0 Å². The number of hydrogen-bond donors (Lipinski definition) is 1. The van der Waals surface area contributed by atoms with Crippen LogP contribution < -0.4 is 5.73 Å². The quantitative estimate of drug-likeness (QED) is 0.779. The Bertz CT molecular complexity index is 496. The van der Waals surface area contributed by atoms with Gasteiger partial charge in [-0.05, 0) is 78.4 Å². The zero-order valence-corrected chi connectivity index (χ0v) is 12.9. The molecule has 1 heterocycles. The minimum absolute atomic E-state index is 0.250. The van der Waals surface area contributed by atoms with Gasteiger partial charge in [-0.25, -0.2) is 0 Å². The summed E-state index contributed by atoms with van der Waals surface area (Å²) in [6.07, 6.45) is 8.15. The zero-order chi connectivity index (χ0) is 12.5. The van der Waals surface area contributed by atoms with E-state index in [1.54, 1.807) is 0 Å². The molecule has 4 fully saturated rings. The topological polar surface area (TPSA) is 52.0 Å². The lowest BCUT2D eigenvalue weighted by atomic mass is 9.44. The fourth-order valence-electron chi connectivity index (χ4n) is 5.61. The Morgan fingerprint density at radius 1 is 1.28 bits per heavy atom. The summed E-state index contributed by atoms with van der Waals surface area (Å²) in [5.74, 6) is 3.48. The third-order valence-corrected chi connectivity index (χ3v) is 6.54. The normalized spacial score (nSPS) is 45.7. The largest absolute Gasteiger partial charge is 0.380 e. The number of hydrogen-bond acceptors (Lipinski definition) is 3. The standard InChI is InChI=1S/C14H19IN2O/c1-13-3-8-2-9(4-13)6-14(5-8,7-13)11-10(15)12(16)17-18-11/h8-9H,2-7H2,1H3,(H2,16,17). The molecule has 4 bridgehead atoms. The summed E-state index contributed by atoms with van der Waals surface area (Å²) in [5.41, 5.74) is 6.67. The molecular formula is C14H19IN2O. The minimum atomic E-state index is 0.250. The molecule has 18 heavy (non-hydrogen) atoms. The summed E-state index contributed by atoms with van der Waals surface area (Å²) in [7, 11) is 0. The van der Waals surface area contributed by atoms with Gasteiger partial charge in [-0.2, -0.15) is 0 Å². The maximum absolute atomic E-state index is 5.88. The minimum Gasteiger partial charge on any atom is -0.380 e. The highest BCUT2D eigenvalue weighted by molar-refractivity contribution is 14.1. The first kappa shape index (κ1) is 11.6. The van der Waals surface area contributed by atoms with Gasteiger partial charge < -0.3 is 10.3 Å². The van der Waals surface area contributed by atoms with Crippen LogP contribution in [0.5, 0.6) is 0 Å². The molecule has 0 spiro atoms. The second kappa shape index (κ2) is 3.44. The van der Waals surface area contributed by atoms with E-state index in [0.717, 1.165) is 21.2 Å². The molecule has 4 aliphatic rings. The van der Waals surface area contributed by atoms with Crippen molar-refractivity contribution in [3.8, 4) is 0 Å². The maximum atomic E-state index is 5.88. The van der Waals surface area contributed by atoms with Crippen molar-refractivity contribution < 1.29 is 4.52 Å². The predicted molar refractivity (Wildman–Crippen MR) is 78.1 cm³/mol. The first-order valence-corrected chi connectivity index (χ1v) is 7.99. The van der Waals surface area contributed by atoms with Gasteiger partial charge in [0.2, 0.25) is 0 Å². The molecule has 4 heteroatoms. The van der Waals surface area contributed by atoms with E-state index in [4.69, 9.17) is 10.3 Å². The van der Waals surface area contributed by atoms with E-state index in [1.165, 1.54) is 38.5 Å². The summed E-state index contributed by atoms with van der Waals surface area (Å²) in [4.78, 5) is 0. The Labute approximate surface area is 121 Å². The van der Waals surface area contributed by atoms with Gasteiger partial charge in [-0.15, -0.1) is 0 Å². The van der Waals surface area contributed by atoms with Crippen molar-refractivity contribution in [1.29, 1.82) is 0 Å². The van der Waals surface area contributed by atoms with Gasteiger partial charge in [-0.3, -0.25) is 0 Å². The molecule has 4 saturated carbocycles. The zero-order valence-electron chi connectivity index (χ0n) is 10.7.